The van der Waals surface area contributed by atoms with Crippen LogP contribution in [-0.2, 0) is 11.2 Å². The van der Waals surface area contributed by atoms with Crippen LogP contribution in [0, 0.1) is 16.0 Å². The van der Waals surface area contributed by atoms with Gasteiger partial charge in [0.25, 0.3) is 0 Å². The number of pyridine rings is 1. The summed E-state index contributed by atoms with van der Waals surface area (Å²) in [5, 5.41) is 11.6. The van der Waals surface area contributed by atoms with Crippen LogP contribution >= 0.6 is 12.2 Å². The largest absolute Gasteiger partial charge is 0.490 e. The van der Waals surface area contributed by atoms with E-state index in [1.807, 2.05) is 11.5 Å². The predicted molar refractivity (Wildman–Crippen MR) is 110 cm³/mol. The Labute approximate surface area is 168 Å². The lowest BCUT2D eigenvalue weighted by Crippen LogP contribution is -2.28. The minimum Gasteiger partial charge on any atom is -0.490 e. The van der Waals surface area contributed by atoms with Gasteiger partial charge in [-0.15, -0.1) is 0 Å². The maximum atomic E-state index is 12.7. The van der Waals surface area contributed by atoms with Crippen molar-refractivity contribution in [2.45, 2.75) is 33.2 Å². The molecule has 2 heterocycles. The Bertz CT molecular complexity index is 1010. The topological polar surface area (TPSA) is 83.6 Å². The number of hydrogen-bond acceptors (Lipinski definition) is 6. The molecule has 0 N–H and O–H groups in total. The summed E-state index contributed by atoms with van der Waals surface area (Å²) in [5.74, 6) is 0.406. The number of fused-ring (bicyclic) bond motifs is 3. The van der Waals surface area contributed by atoms with E-state index in [-0.39, 0.29) is 33.9 Å². The van der Waals surface area contributed by atoms with Gasteiger partial charge in [-0.1, -0.05) is 13.8 Å². The Kier molecular flexibility index (Phi) is 5.51. The smallest absolute Gasteiger partial charge is 0.311 e. The van der Waals surface area contributed by atoms with Gasteiger partial charge in [0, 0.05) is 29.9 Å². The Morgan fingerprint density at radius 3 is 2.68 bits per heavy atom. The standard InChI is InChI=1S/C20H22N2O5S/c1-5-27-20(28)14-10-21-15(11(2)3)6-12-7-17(22(24)25)19(26-4)8-13(12)16(21)9-18(14)23/h7-11,15H,5-6H2,1-4H3. The van der Waals surface area contributed by atoms with Gasteiger partial charge >= 0.3 is 5.69 Å². The number of nitro benzene ring substituents is 1. The number of nitrogens with zero attached hydrogens (tertiary/aromatic N) is 2. The zero-order valence-electron chi connectivity index (χ0n) is 16.2. The van der Waals surface area contributed by atoms with Crippen molar-refractivity contribution in [3.8, 4) is 17.0 Å². The fraction of sp³-hybridized carbons (Fsp3) is 0.400. The van der Waals surface area contributed by atoms with Crippen LogP contribution in [0.15, 0.2) is 29.2 Å². The van der Waals surface area contributed by atoms with E-state index in [2.05, 4.69) is 13.8 Å². The van der Waals surface area contributed by atoms with E-state index in [4.69, 9.17) is 21.7 Å². The molecule has 0 bridgehead atoms. The number of ether oxygens (including phenoxy) is 2. The molecule has 0 saturated carbocycles. The van der Waals surface area contributed by atoms with Crippen LogP contribution in [0.2, 0.25) is 0 Å². The molecule has 3 rings (SSSR count). The molecule has 28 heavy (non-hydrogen) atoms. The van der Waals surface area contributed by atoms with Crippen LogP contribution in [0.1, 0.15) is 37.9 Å². The lowest BCUT2D eigenvalue weighted by molar-refractivity contribution is -0.385. The third kappa shape index (κ3) is 3.40. The van der Waals surface area contributed by atoms with Crippen molar-refractivity contribution in [3.63, 3.8) is 0 Å². The highest BCUT2D eigenvalue weighted by atomic mass is 32.1. The van der Waals surface area contributed by atoms with Gasteiger partial charge in [-0.3, -0.25) is 14.9 Å². The molecule has 1 unspecified atom stereocenters. The molecule has 0 radical (unpaired) electrons. The molecule has 8 heteroatoms. The molecule has 7 nitrogen and oxygen atoms in total. The van der Waals surface area contributed by atoms with E-state index in [0.717, 1.165) is 11.1 Å². The molecule has 1 aliphatic rings. The number of methoxy groups -OCH3 is 1. The van der Waals surface area contributed by atoms with Crippen molar-refractivity contribution in [2.24, 2.45) is 5.92 Å². The van der Waals surface area contributed by atoms with Crippen LogP contribution in [0.25, 0.3) is 11.3 Å². The van der Waals surface area contributed by atoms with Crippen LogP contribution in [0.3, 0.4) is 0 Å². The first-order valence-corrected chi connectivity index (χ1v) is 9.48. The summed E-state index contributed by atoms with van der Waals surface area (Å²) in [6.45, 7) is 6.36. The molecule has 0 fully saturated rings. The third-order valence-electron chi connectivity index (χ3n) is 5.01. The second kappa shape index (κ2) is 7.71. The molecule has 1 aliphatic heterocycles. The quantitative estimate of drug-likeness (QED) is 0.428. The SMILES string of the molecule is CCOC(=S)c1cn2c(cc1=O)-c1cc(OC)c([N+](=O)[O-])cc1CC2C(C)C. The van der Waals surface area contributed by atoms with Gasteiger partial charge in [0.15, 0.2) is 16.2 Å². The van der Waals surface area contributed by atoms with Gasteiger partial charge in [-0.05, 0) is 43.1 Å². The number of thiocarbonyl (C=S) groups is 1. The second-order valence-electron chi connectivity index (χ2n) is 7.02. The van der Waals surface area contributed by atoms with Crippen molar-refractivity contribution in [2.75, 3.05) is 13.7 Å². The average molecular weight is 402 g/mol. The van der Waals surface area contributed by atoms with Crippen LogP contribution in [0.4, 0.5) is 5.69 Å². The van der Waals surface area contributed by atoms with E-state index >= 15 is 0 Å². The summed E-state index contributed by atoms with van der Waals surface area (Å²) in [5.41, 5.74) is 2.31. The Hall–Kier alpha value is -2.74. The van der Waals surface area contributed by atoms with E-state index in [1.165, 1.54) is 13.2 Å². The normalized spacial score (nSPS) is 15.0. The molecule has 1 aromatic heterocycles. The number of nitro groups is 1. The Morgan fingerprint density at radius 1 is 1.39 bits per heavy atom. The highest BCUT2D eigenvalue weighted by Crippen LogP contribution is 2.42. The average Bonchev–Trinajstić information content (AvgIpc) is 2.65. The fourth-order valence-electron chi connectivity index (χ4n) is 3.61. The maximum absolute atomic E-state index is 12.7. The lowest BCUT2D eigenvalue weighted by atomic mass is 9.87. The van der Waals surface area contributed by atoms with Crippen LogP contribution in [0.5, 0.6) is 5.75 Å². The maximum Gasteiger partial charge on any atom is 0.311 e. The molecule has 148 valence electrons. The first-order chi connectivity index (χ1) is 13.3. The predicted octanol–water partition coefficient (Wildman–Crippen LogP) is 3.90. The van der Waals surface area contributed by atoms with E-state index in [0.29, 0.717) is 24.3 Å². The number of hydrogen-bond donors (Lipinski definition) is 0. The summed E-state index contributed by atoms with van der Waals surface area (Å²) in [6, 6.07) is 4.74. The van der Waals surface area contributed by atoms with Crippen molar-refractivity contribution in [1.82, 2.24) is 4.57 Å². The van der Waals surface area contributed by atoms with Crippen molar-refractivity contribution < 1.29 is 14.4 Å². The number of benzene rings is 1. The highest BCUT2D eigenvalue weighted by molar-refractivity contribution is 7.80. The minimum atomic E-state index is -0.450. The molecule has 2 aromatic rings. The molecule has 1 atom stereocenters. The van der Waals surface area contributed by atoms with Gasteiger partial charge in [-0.2, -0.15) is 0 Å². The number of rotatable bonds is 5. The molecule has 0 saturated heterocycles. The summed E-state index contributed by atoms with van der Waals surface area (Å²) in [7, 11) is 1.39. The molecule has 1 aromatic carbocycles. The highest BCUT2D eigenvalue weighted by Gasteiger charge is 2.30. The summed E-state index contributed by atoms with van der Waals surface area (Å²) in [6.07, 6.45) is 2.35. The molecule has 0 amide bonds. The van der Waals surface area contributed by atoms with Crippen LogP contribution < -0.4 is 10.2 Å². The first-order valence-electron chi connectivity index (χ1n) is 9.07. The molecule has 0 aliphatic carbocycles. The summed E-state index contributed by atoms with van der Waals surface area (Å²) in [4.78, 5) is 23.7. The van der Waals surface area contributed by atoms with E-state index < -0.39 is 4.92 Å². The Balaban J connectivity index is 2.27. The minimum absolute atomic E-state index is 0.0271. The van der Waals surface area contributed by atoms with Gasteiger partial charge in [0.1, 0.15) is 0 Å². The van der Waals surface area contributed by atoms with E-state index in [1.54, 1.807) is 18.3 Å². The van der Waals surface area contributed by atoms with Crippen molar-refractivity contribution >= 4 is 23.0 Å². The fourth-order valence-corrected chi connectivity index (χ4v) is 3.88. The zero-order chi connectivity index (χ0) is 20.6. The molecular formula is C20H22N2O5S. The summed E-state index contributed by atoms with van der Waals surface area (Å²) >= 11 is 5.25. The second-order valence-corrected chi connectivity index (χ2v) is 7.39. The van der Waals surface area contributed by atoms with Gasteiger partial charge < -0.3 is 14.0 Å². The van der Waals surface area contributed by atoms with Gasteiger partial charge in [0.2, 0.25) is 0 Å². The molecule has 0 spiro atoms. The van der Waals surface area contributed by atoms with Crippen LogP contribution in [-0.4, -0.2) is 28.3 Å². The molecular weight excluding hydrogens is 380 g/mol. The monoisotopic (exact) mass is 402 g/mol. The zero-order valence-corrected chi connectivity index (χ0v) is 17.0. The third-order valence-corrected chi connectivity index (χ3v) is 5.35. The van der Waals surface area contributed by atoms with Gasteiger partial charge in [-0.25, -0.2) is 0 Å². The lowest BCUT2D eigenvalue weighted by Gasteiger charge is -2.33. The first kappa shape index (κ1) is 20.0. The number of aromatic nitrogens is 1. The summed E-state index contributed by atoms with van der Waals surface area (Å²) < 4.78 is 12.6. The van der Waals surface area contributed by atoms with Gasteiger partial charge in [0.05, 0.1) is 29.9 Å². The Morgan fingerprint density at radius 2 is 2.11 bits per heavy atom. The van der Waals surface area contributed by atoms with Crippen molar-refractivity contribution in [3.05, 3.63) is 55.9 Å². The van der Waals surface area contributed by atoms with Crippen molar-refractivity contribution in [1.29, 1.82) is 0 Å². The van der Waals surface area contributed by atoms with E-state index in [9.17, 15) is 14.9 Å².